The maximum atomic E-state index is 14.1. The summed E-state index contributed by atoms with van der Waals surface area (Å²) in [4.78, 5) is 35.7. The van der Waals surface area contributed by atoms with Gasteiger partial charge in [-0.15, -0.1) is 0 Å². The second-order valence-electron chi connectivity index (χ2n) is 8.72. The molecule has 4 aliphatic rings. The summed E-state index contributed by atoms with van der Waals surface area (Å²) in [6.07, 6.45) is 1.09. The summed E-state index contributed by atoms with van der Waals surface area (Å²) < 4.78 is 41.8. The summed E-state index contributed by atoms with van der Waals surface area (Å²) in [5, 5.41) is 0. The van der Waals surface area contributed by atoms with Gasteiger partial charge in [-0.25, -0.2) is 4.79 Å². The third kappa shape index (κ3) is 4.30. The van der Waals surface area contributed by atoms with E-state index in [0.717, 1.165) is 19.3 Å². The van der Waals surface area contributed by atoms with Crippen LogP contribution in [0.5, 0.6) is 0 Å². The molecule has 8 heteroatoms. The Kier molecular flexibility index (Phi) is 5.96. The molecule has 0 amide bonds. The monoisotopic (exact) mass is 402 g/mol. The summed E-state index contributed by atoms with van der Waals surface area (Å²) in [7, 11) is 0. The molecular weight excluding hydrogens is 374 g/mol. The minimum atomic E-state index is -4.35. The third-order valence-corrected chi connectivity index (χ3v) is 6.51. The van der Waals surface area contributed by atoms with Crippen molar-refractivity contribution in [1.82, 2.24) is 0 Å². The van der Waals surface area contributed by atoms with Crippen molar-refractivity contribution in [2.24, 2.45) is 29.1 Å². The minimum Gasteiger partial charge on any atom is -0.462 e. The van der Waals surface area contributed by atoms with E-state index in [2.05, 4.69) is 9.47 Å². The largest absolute Gasteiger partial charge is 0.504 e. The molecule has 0 radical (unpaired) electrons. The molecule has 4 saturated carbocycles. The standard InChI is InChI=1S/C20H28F2O6/c1-3-12(2)16(23)26-4-5-27-18(25)20(21,22)28-17(24)19-9-13-6-14(10-19)8-15(7-13)11-19/h12-15H,3-11H2,1-2H3. The smallest absolute Gasteiger partial charge is 0.462 e. The molecule has 0 aromatic carbocycles. The lowest BCUT2D eigenvalue weighted by Crippen LogP contribution is -2.52. The summed E-state index contributed by atoms with van der Waals surface area (Å²) in [6.45, 7) is 2.64. The van der Waals surface area contributed by atoms with Crippen molar-refractivity contribution in [1.29, 1.82) is 0 Å². The van der Waals surface area contributed by atoms with Crippen molar-refractivity contribution in [2.75, 3.05) is 13.2 Å². The molecule has 4 fully saturated rings. The highest BCUT2D eigenvalue weighted by atomic mass is 19.3. The Bertz CT molecular complexity index is 597. The molecule has 0 aromatic rings. The van der Waals surface area contributed by atoms with Crippen LogP contribution in [0.2, 0.25) is 0 Å². The Balaban J connectivity index is 1.48. The van der Waals surface area contributed by atoms with E-state index in [9.17, 15) is 23.2 Å². The molecule has 0 heterocycles. The first-order chi connectivity index (χ1) is 13.1. The van der Waals surface area contributed by atoms with Gasteiger partial charge in [0.05, 0.1) is 11.3 Å². The van der Waals surface area contributed by atoms with E-state index >= 15 is 0 Å². The van der Waals surface area contributed by atoms with Gasteiger partial charge < -0.3 is 14.2 Å². The van der Waals surface area contributed by atoms with Crippen LogP contribution >= 0.6 is 0 Å². The Morgan fingerprint density at radius 1 is 1.00 bits per heavy atom. The highest BCUT2D eigenvalue weighted by molar-refractivity contribution is 5.83. The zero-order chi connectivity index (χ0) is 20.5. The van der Waals surface area contributed by atoms with Crippen molar-refractivity contribution in [3.8, 4) is 0 Å². The number of carbonyl (C=O) groups is 3. The number of ether oxygens (including phenoxy) is 3. The number of halogens is 2. The number of rotatable bonds is 8. The lowest BCUT2D eigenvalue weighted by Gasteiger charge is -2.55. The van der Waals surface area contributed by atoms with Crippen LogP contribution in [0.4, 0.5) is 8.78 Å². The second-order valence-corrected chi connectivity index (χ2v) is 8.72. The van der Waals surface area contributed by atoms with E-state index in [-0.39, 0.29) is 12.5 Å². The Labute approximate surface area is 163 Å². The lowest BCUT2D eigenvalue weighted by molar-refractivity contribution is -0.255. The van der Waals surface area contributed by atoms with Gasteiger partial charge in [-0.2, -0.15) is 8.78 Å². The van der Waals surface area contributed by atoms with Crippen LogP contribution in [0.1, 0.15) is 58.8 Å². The molecule has 158 valence electrons. The normalized spacial score (nSPS) is 31.9. The first-order valence-electron chi connectivity index (χ1n) is 10.1. The van der Waals surface area contributed by atoms with Crippen molar-refractivity contribution >= 4 is 17.9 Å². The molecule has 4 rings (SSSR count). The van der Waals surface area contributed by atoms with Gasteiger partial charge in [0.1, 0.15) is 13.2 Å². The second kappa shape index (κ2) is 7.95. The average molecular weight is 402 g/mol. The summed E-state index contributed by atoms with van der Waals surface area (Å²) in [5.74, 6) is -2.57. The van der Waals surface area contributed by atoms with Crippen LogP contribution in [0, 0.1) is 29.1 Å². The molecule has 0 aromatic heterocycles. The van der Waals surface area contributed by atoms with Gasteiger partial charge >= 0.3 is 24.0 Å². The minimum absolute atomic E-state index is 0.321. The predicted octanol–water partition coefficient (Wildman–Crippen LogP) is 3.47. The molecule has 4 bridgehead atoms. The average Bonchev–Trinajstić information content (AvgIpc) is 2.62. The van der Waals surface area contributed by atoms with Gasteiger partial charge in [0.25, 0.3) is 0 Å². The van der Waals surface area contributed by atoms with Gasteiger partial charge in [-0.1, -0.05) is 13.8 Å². The summed E-state index contributed by atoms with van der Waals surface area (Å²) >= 11 is 0. The number of esters is 3. The molecule has 28 heavy (non-hydrogen) atoms. The number of carbonyl (C=O) groups excluding carboxylic acids is 3. The highest BCUT2D eigenvalue weighted by Gasteiger charge is 2.58. The fourth-order valence-electron chi connectivity index (χ4n) is 5.30. The fraction of sp³-hybridized carbons (Fsp3) is 0.850. The van der Waals surface area contributed by atoms with Crippen LogP contribution in [-0.2, 0) is 28.6 Å². The van der Waals surface area contributed by atoms with Gasteiger partial charge in [0, 0.05) is 0 Å². The Hall–Kier alpha value is -1.73. The van der Waals surface area contributed by atoms with Crippen molar-refractivity contribution in [2.45, 2.75) is 64.9 Å². The fourth-order valence-corrected chi connectivity index (χ4v) is 5.30. The SMILES string of the molecule is CCC(C)C(=O)OCCOC(=O)C(F)(F)OC(=O)C12CC3CC(CC(C3)C1)C2. The van der Waals surface area contributed by atoms with Crippen LogP contribution in [0.3, 0.4) is 0 Å². The maximum absolute atomic E-state index is 14.1. The van der Waals surface area contributed by atoms with Gasteiger partial charge in [-0.05, 0) is 62.7 Å². The zero-order valence-corrected chi connectivity index (χ0v) is 16.4. The third-order valence-electron chi connectivity index (χ3n) is 6.51. The molecule has 1 unspecified atom stereocenters. The van der Waals surface area contributed by atoms with Crippen molar-refractivity contribution in [3.05, 3.63) is 0 Å². The van der Waals surface area contributed by atoms with E-state index in [0.29, 0.717) is 43.4 Å². The van der Waals surface area contributed by atoms with E-state index in [1.807, 2.05) is 6.92 Å². The lowest BCUT2D eigenvalue weighted by atomic mass is 9.49. The van der Waals surface area contributed by atoms with Crippen LogP contribution < -0.4 is 0 Å². The van der Waals surface area contributed by atoms with Gasteiger partial charge in [0.15, 0.2) is 0 Å². The molecule has 0 N–H and O–H groups in total. The molecule has 0 saturated heterocycles. The summed E-state index contributed by atoms with van der Waals surface area (Å²) in [5.41, 5.74) is -0.885. The van der Waals surface area contributed by atoms with Gasteiger partial charge in [0.2, 0.25) is 0 Å². The van der Waals surface area contributed by atoms with Crippen molar-refractivity contribution in [3.63, 3.8) is 0 Å². The molecular formula is C20H28F2O6. The van der Waals surface area contributed by atoms with E-state index in [1.165, 1.54) is 0 Å². The Morgan fingerprint density at radius 3 is 2.00 bits per heavy atom. The molecule has 1 atom stereocenters. The molecule has 4 aliphatic carbocycles. The topological polar surface area (TPSA) is 78.9 Å². The quantitative estimate of drug-likeness (QED) is 0.351. The van der Waals surface area contributed by atoms with Crippen LogP contribution in [-0.4, -0.2) is 37.2 Å². The van der Waals surface area contributed by atoms with E-state index in [4.69, 9.17) is 4.74 Å². The summed E-state index contributed by atoms with van der Waals surface area (Å²) in [6, 6.07) is 0. The zero-order valence-electron chi connectivity index (χ0n) is 16.4. The molecule has 0 aliphatic heterocycles. The van der Waals surface area contributed by atoms with Crippen LogP contribution in [0.15, 0.2) is 0 Å². The predicted molar refractivity (Wildman–Crippen MR) is 93.0 cm³/mol. The molecule has 0 spiro atoms. The van der Waals surface area contributed by atoms with Crippen molar-refractivity contribution < 1.29 is 37.4 Å². The first-order valence-corrected chi connectivity index (χ1v) is 10.1. The Morgan fingerprint density at radius 2 is 1.50 bits per heavy atom. The van der Waals surface area contributed by atoms with Gasteiger partial charge in [-0.3, -0.25) is 9.59 Å². The number of hydrogen-bond donors (Lipinski definition) is 0. The first kappa shape index (κ1) is 21.0. The highest BCUT2D eigenvalue weighted by Crippen LogP contribution is 2.60. The van der Waals surface area contributed by atoms with E-state index < -0.39 is 36.0 Å². The van der Waals surface area contributed by atoms with Crippen LogP contribution in [0.25, 0.3) is 0 Å². The molecule has 6 nitrogen and oxygen atoms in total. The number of hydrogen-bond acceptors (Lipinski definition) is 6. The number of alkyl halides is 2. The maximum Gasteiger partial charge on any atom is 0.504 e. The van der Waals surface area contributed by atoms with E-state index in [1.54, 1.807) is 6.92 Å².